The van der Waals surface area contributed by atoms with E-state index < -0.39 is 6.43 Å². The summed E-state index contributed by atoms with van der Waals surface area (Å²) in [5.74, 6) is -0.349. The molecule has 1 aliphatic carbocycles. The number of nitrogens with zero attached hydrogens (tertiary/aromatic N) is 1. The van der Waals surface area contributed by atoms with Gasteiger partial charge in [0, 0.05) is 23.4 Å². The molecular formula is C12H13F2NO2. The van der Waals surface area contributed by atoms with E-state index in [1.807, 2.05) is 0 Å². The van der Waals surface area contributed by atoms with E-state index in [1.54, 1.807) is 13.0 Å². The third-order valence-corrected chi connectivity index (χ3v) is 2.82. The van der Waals surface area contributed by atoms with Crippen LogP contribution < -0.4 is 0 Å². The van der Waals surface area contributed by atoms with Crippen molar-refractivity contribution in [1.29, 1.82) is 0 Å². The largest absolute Gasteiger partial charge is 0.466 e. The molecule has 1 aromatic rings. The van der Waals surface area contributed by atoms with Gasteiger partial charge in [-0.25, -0.2) is 8.78 Å². The van der Waals surface area contributed by atoms with E-state index in [4.69, 9.17) is 4.74 Å². The summed E-state index contributed by atoms with van der Waals surface area (Å²) in [6, 6.07) is 2.92. The number of rotatable bonds is 4. The molecule has 2 atom stereocenters. The van der Waals surface area contributed by atoms with Gasteiger partial charge in [-0.05, 0) is 25.5 Å². The minimum absolute atomic E-state index is 0.0285. The molecule has 5 heteroatoms. The van der Waals surface area contributed by atoms with Gasteiger partial charge >= 0.3 is 5.97 Å². The van der Waals surface area contributed by atoms with Gasteiger partial charge in [-0.1, -0.05) is 0 Å². The Morgan fingerprint density at radius 2 is 2.35 bits per heavy atom. The molecular weight excluding hydrogens is 228 g/mol. The molecule has 0 radical (unpaired) electrons. The molecule has 0 spiro atoms. The number of esters is 1. The number of halogens is 2. The van der Waals surface area contributed by atoms with Gasteiger partial charge in [0.2, 0.25) is 0 Å². The second-order valence-corrected chi connectivity index (χ2v) is 4.02. The molecule has 0 amide bonds. The molecule has 1 aliphatic rings. The van der Waals surface area contributed by atoms with E-state index in [-0.39, 0.29) is 23.4 Å². The predicted molar refractivity (Wildman–Crippen MR) is 56.7 cm³/mol. The average molecular weight is 241 g/mol. The third-order valence-electron chi connectivity index (χ3n) is 2.82. The normalized spacial score (nSPS) is 22.6. The first-order valence-corrected chi connectivity index (χ1v) is 5.54. The van der Waals surface area contributed by atoms with Gasteiger partial charge in [-0.15, -0.1) is 0 Å². The summed E-state index contributed by atoms with van der Waals surface area (Å²) in [6.45, 7) is 2.12. The van der Waals surface area contributed by atoms with E-state index >= 15 is 0 Å². The number of hydrogen-bond acceptors (Lipinski definition) is 3. The number of aromatic nitrogens is 1. The molecule has 0 aromatic carbocycles. The highest BCUT2D eigenvalue weighted by Gasteiger charge is 2.46. The number of hydrogen-bond donors (Lipinski definition) is 0. The molecule has 3 nitrogen and oxygen atoms in total. The monoisotopic (exact) mass is 241 g/mol. The second-order valence-electron chi connectivity index (χ2n) is 4.02. The summed E-state index contributed by atoms with van der Waals surface area (Å²) >= 11 is 0. The van der Waals surface area contributed by atoms with Gasteiger partial charge in [0.25, 0.3) is 6.43 Å². The summed E-state index contributed by atoms with van der Waals surface area (Å²) in [6.07, 6.45) is -0.642. The SMILES string of the molecule is CCOC(=O)[C@H]1C[C@H]1c1ccc(C(F)F)cn1. The maximum Gasteiger partial charge on any atom is 0.309 e. The maximum absolute atomic E-state index is 12.3. The van der Waals surface area contributed by atoms with Crippen LogP contribution in [-0.4, -0.2) is 17.6 Å². The first-order valence-electron chi connectivity index (χ1n) is 5.54. The summed E-state index contributed by atoms with van der Waals surface area (Å²) in [5.41, 5.74) is 0.592. The van der Waals surface area contributed by atoms with Crippen LogP contribution in [0.1, 0.15) is 36.9 Å². The molecule has 0 N–H and O–H groups in total. The quantitative estimate of drug-likeness (QED) is 0.761. The summed E-state index contributed by atoms with van der Waals surface area (Å²) < 4.78 is 29.5. The Balaban J connectivity index is 1.99. The van der Waals surface area contributed by atoms with Crippen molar-refractivity contribution in [3.8, 4) is 0 Å². The lowest BCUT2D eigenvalue weighted by Crippen LogP contribution is -2.07. The van der Waals surface area contributed by atoms with Gasteiger partial charge in [0.15, 0.2) is 0 Å². The third kappa shape index (κ3) is 2.60. The molecule has 0 aliphatic heterocycles. The fraction of sp³-hybridized carbons (Fsp3) is 0.500. The molecule has 0 bridgehead atoms. The van der Waals surface area contributed by atoms with E-state index in [1.165, 1.54) is 12.3 Å². The Morgan fingerprint density at radius 1 is 1.59 bits per heavy atom. The lowest BCUT2D eigenvalue weighted by Gasteiger charge is -2.02. The molecule has 1 heterocycles. The summed E-state index contributed by atoms with van der Waals surface area (Å²) in [5, 5.41) is 0. The average Bonchev–Trinajstić information content (AvgIpc) is 3.09. The highest BCUT2D eigenvalue weighted by molar-refractivity contribution is 5.77. The first kappa shape index (κ1) is 12.0. The van der Waals surface area contributed by atoms with Crippen LogP contribution in [-0.2, 0) is 9.53 Å². The molecule has 92 valence electrons. The number of carbonyl (C=O) groups is 1. The van der Waals surface area contributed by atoms with Crippen molar-refractivity contribution < 1.29 is 18.3 Å². The van der Waals surface area contributed by atoms with Crippen molar-refractivity contribution in [1.82, 2.24) is 4.98 Å². The Hall–Kier alpha value is -1.52. The van der Waals surface area contributed by atoms with Crippen molar-refractivity contribution >= 4 is 5.97 Å². The van der Waals surface area contributed by atoms with Crippen molar-refractivity contribution in [2.24, 2.45) is 5.92 Å². The number of ether oxygens (including phenoxy) is 1. The molecule has 2 rings (SSSR count). The molecule has 0 unspecified atom stereocenters. The highest BCUT2D eigenvalue weighted by Crippen LogP contribution is 2.47. The lowest BCUT2D eigenvalue weighted by atomic mass is 10.2. The van der Waals surface area contributed by atoms with Crippen LogP contribution in [0, 0.1) is 5.92 Å². The summed E-state index contributed by atoms with van der Waals surface area (Å²) in [4.78, 5) is 15.4. The van der Waals surface area contributed by atoms with Gasteiger partial charge in [-0.2, -0.15) is 0 Å². The fourth-order valence-corrected chi connectivity index (χ4v) is 1.80. The zero-order valence-electron chi connectivity index (χ0n) is 9.40. The Labute approximate surface area is 97.8 Å². The zero-order valence-corrected chi connectivity index (χ0v) is 9.40. The van der Waals surface area contributed by atoms with Gasteiger partial charge in [0.05, 0.1) is 12.5 Å². The predicted octanol–water partition coefficient (Wildman–Crippen LogP) is 2.69. The van der Waals surface area contributed by atoms with Crippen LogP contribution in [0.4, 0.5) is 8.78 Å². The molecule has 1 saturated carbocycles. The van der Waals surface area contributed by atoms with Crippen LogP contribution in [0.15, 0.2) is 18.3 Å². The maximum atomic E-state index is 12.3. The lowest BCUT2D eigenvalue weighted by molar-refractivity contribution is -0.144. The fourth-order valence-electron chi connectivity index (χ4n) is 1.80. The Bertz CT molecular complexity index is 405. The van der Waals surface area contributed by atoms with Gasteiger partial charge in [-0.3, -0.25) is 9.78 Å². The van der Waals surface area contributed by atoms with E-state index in [0.717, 1.165) is 0 Å². The van der Waals surface area contributed by atoms with Crippen molar-refractivity contribution in [3.05, 3.63) is 29.6 Å². The molecule has 17 heavy (non-hydrogen) atoms. The second kappa shape index (κ2) is 4.77. The summed E-state index contributed by atoms with van der Waals surface area (Å²) in [7, 11) is 0. The van der Waals surface area contributed by atoms with E-state index in [9.17, 15) is 13.6 Å². The van der Waals surface area contributed by atoms with Crippen LogP contribution >= 0.6 is 0 Å². The standard InChI is InChI=1S/C12H13F2NO2/c1-2-17-12(16)9-5-8(9)10-4-3-7(6-15-10)11(13)14/h3-4,6,8-9,11H,2,5H2,1H3/t8-,9+/m1/s1. The van der Waals surface area contributed by atoms with Gasteiger partial charge in [0.1, 0.15) is 0 Å². The minimum Gasteiger partial charge on any atom is -0.466 e. The Kier molecular flexibility index (Phi) is 3.36. The van der Waals surface area contributed by atoms with Crippen LogP contribution in [0.3, 0.4) is 0 Å². The van der Waals surface area contributed by atoms with Crippen molar-refractivity contribution in [3.63, 3.8) is 0 Å². The topological polar surface area (TPSA) is 39.2 Å². The molecule has 1 fully saturated rings. The van der Waals surface area contributed by atoms with E-state index in [0.29, 0.717) is 18.7 Å². The first-order chi connectivity index (χ1) is 8.13. The van der Waals surface area contributed by atoms with Crippen LogP contribution in [0.5, 0.6) is 0 Å². The van der Waals surface area contributed by atoms with Crippen molar-refractivity contribution in [2.75, 3.05) is 6.61 Å². The highest BCUT2D eigenvalue weighted by atomic mass is 19.3. The Morgan fingerprint density at radius 3 is 2.88 bits per heavy atom. The van der Waals surface area contributed by atoms with Crippen LogP contribution in [0.25, 0.3) is 0 Å². The zero-order chi connectivity index (χ0) is 12.4. The van der Waals surface area contributed by atoms with Crippen molar-refractivity contribution in [2.45, 2.75) is 25.7 Å². The number of carbonyl (C=O) groups excluding carboxylic acids is 1. The molecule has 0 saturated heterocycles. The molecule has 1 aromatic heterocycles. The number of pyridine rings is 1. The van der Waals surface area contributed by atoms with Gasteiger partial charge < -0.3 is 4.74 Å². The number of alkyl halides is 2. The minimum atomic E-state index is -2.50. The smallest absolute Gasteiger partial charge is 0.309 e. The van der Waals surface area contributed by atoms with Crippen LogP contribution in [0.2, 0.25) is 0 Å². The van der Waals surface area contributed by atoms with E-state index in [2.05, 4.69) is 4.98 Å².